The number of aromatic nitrogens is 4. The summed E-state index contributed by atoms with van der Waals surface area (Å²) in [7, 11) is 4.77. The Labute approximate surface area is 157 Å². The first-order chi connectivity index (χ1) is 13.3. The molecule has 0 bridgehead atoms. The van der Waals surface area contributed by atoms with Gasteiger partial charge < -0.3 is 13.4 Å². The zero-order valence-electron chi connectivity index (χ0n) is 15.4. The van der Waals surface area contributed by atoms with E-state index in [-0.39, 0.29) is 22.5 Å². The van der Waals surface area contributed by atoms with E-state index >= 15 is 0 Å². The van der Waals surface area contributed by atoms with E-state index in [4.69, 9.17) is 0 Å². The third kappa shape index (κ3) is 4.81. The Kier molecular flexibility index (Phi) is 6.63. The minimum absolute atomic E-state index is 0.303. The lowest BCUT2D eigenvalue weighted by atomic mass is 10.5. The average molecular weight is 386 g/mol. The van der Waals surface area contributed by atoms with Gasteiger partial charge in [-0.3, -0.25) is 13.9 Å². The van der Waals surface area contributed by atoms with Gasteiger partial charge in [0.25, 0.3) is 5.56 Å². The molecule has 0 saturated carbocycles. The van der Waals surface area contributed by atoms with Crippen molar-refractivity contribution in [3.05, 3.63) is 96.9 Å². The largest absolute Gasteiger partial charge is 0.431 e. The normalized spacial score (nSPS) is 9.82. The Hall–Kier alpha value is -3.95. The molecule has 4 heterocycles. The van der Waals surface area contributed by atoms with Crippen LogP contribution in [-0.4, -0.2) is 18.7 Å². The maximum Gasteiger partial charge on any atom is 0.335 e. The van der Waals surface area contributed by atoms with Crippen LogP contribution in [-0.2, 0) is 21.1 Å². The zero-order chi connectivity index (χ0) is 20.7. The van der Waals surface area contributed by atoms with Crippen LogP contribution in [0.25, 0.3) is 11.2 Å². The Balaban J connectivity index is 0.000000168. The Bertz CT molecular complexity index is 1210. The van der Waals surface area contributed by atoms with Crippen molar-refractivity contribution in [2.45, 2.75) is 0 Å². The van der Waals surface area contributed by atoms with Gasteiger partial charge in [0, 0.05) is 33.3 Å². The smallest absolute Gasteiger partial charge is 0.335 e. The fraction of sp³-hybridized carbons (Fsp3) is 0.167. The van der Waals surface area contributed by atoms with Crippen molar-refractivity contribution < 1.29 is 8.83 Å². The summed E-state index contributed by atoms with van der Waals surface area (Å²) in [5.41, 5.74) is -0.426. The topological polar surface area (TPSA) is 122 Å². The van der Waals surface area contributed by atoms with Crippen molar-refractivity contribution in [1.82, 2.24) is 18.7 Å². The maximum atomic E-state index is 11.7. The fourth-order valence-electron chi connectivity index (χ4n) is 2.12. The van der Waals surface area contributed by atoms with Gasteiger partial charge in [-0.05, 0) is 12.1 Å². The number of fused-ring (bicyclic) bond motifs is 1. The summed E-state index contributed by atoms with van der Waals surface area (Å²) in [6.07, 6.45) is 4.22. The highest BCUT2D eigenvalue weighted by atomic mass is 16.4. The third-order valence-electron chi connectivity index (χ3n) is 3.53. The van der Waals surface area contributed by atoms with E-state index < -0.39 is 0 Å². The molecule has 4 aromatic heterocycles. The van der Waals surface area contributed by atoms with Crippen molar-refractivity contribution in [2.24, 2.45) is 21.1 Å². The summed E-state index contributed by atoms with van der Waals surface area (Å²) in [6, 6.07) is 9.29. The number of hydrogen-bond donors (Lipinski definition) is 0. The number of hydrogen-bond acceptors (Lipinski definition) is 7. The number of imidazole rings is 1. The Morgan fingerprint density at radius 1 is 0.786 bits per heavy atom. The molecule has 0 saturated heterocycles. The first kappa shape index (κ1) is 20.4. The van der Waals surface area contributed by atoms with Crippen molar-refractivity contribution in [1.29, 1.82) is 0 Å². The van der Waals surface area contributed by atoms with Gasteiger partial charge in [0.2, 0.25) is 0 Å². The van der Waals surface area contributed by atoms with Crippen LogP contribution in [0.3, 0.4) is 0 Å². The molecule has 0 aliphatic carbocycles. The van der Waals surface area contributed by atoms with Crippen molar-refractivity contribution in [2.75, 3.05) is 0 Å². The quantitative estimate of drug-likeness (QED) is 0.424. The standard InChI is InChI=1S/C8H10N4O2.2C5H4O2/c1-10-4-9-6-5(10)7(13)12(3)8(14)11(6)2;2*6-5-3-1-2-4-7-5/h4H,1-3H3;2*1-4H. The van der Waals surface area contributed by atoms with E-state index in [9.17, 15) is 19.2 Å². The summed E-state index contributed by atoms with van der Waals surface area (Å²) in [4.78, 5) is 47.4. The molecule has 10 heteroatoms. The van der Waals surface area contributed by atoms with Crippen LogP contribution in [0.15, 0.2) is 83.3 Å². The van der Waals surface area contributed by atoms with Gasteiger partial charge in [-0.15, -0.1) is 0 Å². The van der Waals surface area contributed by atoms with Crippen molar-refractivity contribution in [3.8, 4) is 0 Å². The predicted molar refractivity (Wildman–Crippen MR) is 101 cm³/mol. The van der Waals surface area contributed by atoms with Gasteiger partial charge in [0.1, 0.15) is 0 Å². The minimum Gasteiger partial charge on any atom is -0.431 e. The van der Waals surface area contributed by atoms with Gasteiger partial charge in [0.05, 0.1) is 18.9 Å². The molecule has 0 atom stereocenters. The van der Waals surface area contributed by atoms with Crippen molar-refractivity contribution >= 4 is 11.2 Å². The number of nitrogens with zero attached hydrogens (tertiary/aromatic N) is 4. The molecule has 0 aromatic carbocycles. The first-order valence-electron chi connectivity index (χ1n) is 7.97. The molecule has 0 N–H and O–H groups in total. The van der Waals surface area contributed by atoms with Gasteiger partial charge >= 0.3 is 16.9 Å². The van der Waals surface area contributed by atoms with Gasteiger partial charge in [0.15, 0.2) is 11.2 Å². The highest BCUT2D eigenvalue weighted by Gasteiger charge is 2.11. The second kappa shape index (κ2) is 9.12. The minimum atomic E-state index is -0.360. The van der Waals surface area contributed by atoms with E-state index in [1.54, 1.807) is 42.9 Å². The number of aryl methyl sites for hydroxylation is 2. The van der Waals surface area contributed by atoms with E-state index in [0.717, 1.165) is 4.57 Å². The van der Waals surface area contributed by atoms with E-state index in [1.807, 2.05) is 0 Å². The first-order valence-corrected chi connectivity index (χ1v) is 7.97. The maximum absolute atomic E-state index is 11.7. The second-order valence-corrected chi connectivity index (χ2v) is 5.48. The lowest BCUT2D eigenvalue weighted by molar-refractivity contribution is 0.510. The summed E-state index contributed by atoms with van der Waals surface area (Å²) in [6.45, 7) is 0. The molecule has 4 rings (SSSR count). The van der Waals surface area contributed by atoms with Crippen LogP contribution >= 0.6 is 0 Å². The van der Waals surface area contributed by atoms with E-state index in [2.05, 4.69) is 13.8 Å². The van der Waals surface area contributed by atoms with Gasteiger partial charge in [-0.25, -0.2) is 19.4 Å². The molecule has 0 radical (unpaired) electrons. The molecule has 0 fully saturated rings. The van der Waals surface area contributed by atoms with Crippen LogP contribution in [0.4, 0.5) is 0 Å². The summed E-state index contributed by atoms with van der Waals surface area (Å²) in [5, 5.41) is 0. The Morgan fingerprint density at radius 3 is 1.71 bits per heavy atom. The predicted octanol–water partition coefficient (Wildman–Crippen LogP) is 0.250. The average Bonchev–Trinajstić information content (AvgIpc) is 3.09. The summed E-state index contributed by atoms with van der Waals surface area (Å²) >= 11 is 0. The van der Waals surface area contributed by atoms with Gasteiger partial charge in [-0.1, -0.05) is 12.1 Å². The van der Waals surface area contributed by atoms with Crippen LogP contribution in [0, 0.1) is 0 Å². The number of rotatable bonds is 0. The Morgan fingerprint density at radius 2 is 1.32 bits per heavy atom. The van der Waals surface area contributed by atoms with Crippen LogP contribution < -0.4 is 22.5 Å². The SMILES string of the molecule is Cn1c(=O)c2c(ncn2C)n(C)c1=O.O=c1cccco1.O=c1cccco1. The highest BCUT2D eigenvalue weighted by Crippen LogP contribution is 2.01. The molecule has 4 aromatic rings. The second-order valence-electron chi connectivity index (χ2n) is 5.48. The molecule has 0 aliphatic rings. The van der Waals surface area contributed by atoms with E-state index in [1.165, 1.54) is 42.6 Å². The molecule has 146 valence electrons. The lowest BCUT2D eigenvalue weighted by Gasteiger charge is -2.02. The molecular weight excluding hydrogens is 368 g/mol. The van der Waals surface area contributed by atoms with E-state index in [0.29, 0.717) is 11.2 Å². The van der Waals surface area contributed by atoms with Crippen LogP contribution in [0.2, 0.25) is 0 Å². The molecule has 0 spiro atoms. The molecule has 0 unspecified atom stereocenters. The van der Waals surface area contributed by atoms with Gasteiger partial charge in [-0.2, -0.15) is 0 Å². The summed E-state index contributed by atoms with van der Waals surface area (Å²) in [5.74, 6) is 0. The highest BCUT2D eigenvalue weighted by molar-refractivity contribution is 5.69. The molecule has 0 amide bonds. The van der Waals surface area contributed by atoms with Crippen molar-refractivity contribution in [3.63, 3.8) is 0 Å². The fourth-order valence-corrected chi connectivity index (χ4v) is 2.12. The van der Waals surface area contributed by atoms with Crippen LogP contribution in [0.1, 0.15) is 0 Å². The van der Waals surface area contributed by atoms with Crippen LogP contribution in [0.5, 0.6) is 0 Å². The monoisotopic (exact) mass is 386 g/mol. The molecule has 10 nitrogen and oxygen atoms in total. The zero-order valence-corrected chi connectivity index (χ0v) is 15.4. The molecule has 0 aliphatic heterocycles. The lowest BCUT2D eigenvalue weighted by Crippen LogP contribution is -2.37. The third-order valence-corrected chi connectivity index (χ3v) is 3.53. The molecule has 28 heavy (non-hydrogen) atoms. The molecular formula is C18H18N4O6. The summed E-state index contributed by atoms with van der Waals surface area (Å²) < 4.78 is 12.8.